The standard InChI is InChI=1S/C9H16NO4/c1-4-5-10-9(12)14-6-13-8(11)7(2)3/h7H,1,4-6H2,2-3H3,(H,10,12). The van der Waals surface area contributed by atoms with Gasteiger partial charge in [0.15, 0.2) is 0 Å². The van der Waals surface area contributed by atoms with Gasteiger partial charge in [-0.3, -0.25) is 4.79 Å². The van der Waals surface area contributed by atoms with Gasteiger partial charge in [0.1, 0.15) is 0 Å². The number of nitrogens with one attached hydrogen (secondary N) is 1. The Balaban J connectivity index is 3.44. The molecule has 5 nitrogen and oxygen atoms in total. The lowest BCUT2D eigenvalue weighted by atomic mass is 10.2. The Hall–Kier alpha value is -1.26. The molecular weight excluding hydrogens is 186 g/mol. The van der Waals surface area contributed by atoms with Gasteiger partial charge in [0.05, 0.1) is 5.92 Å². The number of carbonyl (C=O) groups excluding carboxylic acids is 2. The first-order valence-electron chi connectivity index (χ1n) is 4.44. The largest absolute Gasteiger partial charge is 0.428 e. The van der Waals surface area contributed by atoms with Gasteiger partial charge >= 0.3 is 12.1 Å². The van der Waals surface area contributed by atoms with E-state index in [2.05, 4.69) is 21.7 Å². The summed E-state index contributed by atoms with van der Waals surface area (Å²) in [5, 5.41) is 2.42. The molecule has 5 heteroatoms. The number of hydrogen-bond acceptors (Lipinski definition) is 4. The highest BCUT2D eigenvalue weighted by molar-refractivity contribution is 5.71. The zero-order valence-electron chi connectivity index (χ0n) is 8.54. The van der Waals surface area contributed by atoms with E-state index >= 15 is 0 Å². The van der Waals surface area contributed by atoms with Crippen molar-refractivity contribution in [2.45, 2.75) is 20.3 Å². The first-order chi connectivity index (χ1) is 6.57. The third-order valence-electron chi connectivity index (χ3n) is 1.31. The lowest BCUT2D eigenvalue weighted by molar-refractivity contribution is -0.155. The molecule has 0 saturated carbocycles. The van der Waals surface area contributed by atoms with E-state index in [0.717, 1.165) is 0 Å². The predicted molar refractivity (Wildman–Crippen MR) is 50.3 cm³/mol. The summed E-state index contributed by atoms with van der Waals surface area (Å²) < 4.78 is 9.16. The van der Waals surface area contributed by atoms with Crippen LogP contribution in [0.5, 0.6) is 0 Å². The van der Waals surface area contributed by atoms with Crippen LogP contribution in [0.4, 0.5) is 4.79 Å². The van der Waals surface area contributed by atoms with Crippen molar-refractivity contribution < 1.29 is 19.1 Å². The molecule has 0 saturated heterocycles. The van der Waals surface area contributed by atoms with Gasteiger partial charge in [0, 0.05) is 6.54 Å². The third-order valence-corrected chi connectivity index (χ3v) is 1.31. The summed E-state index contributed by atoms with van der Waals surface area (Å²) in [5.74, 6) is -0.614. The van der Waals surface area contributed by atoms with Crippen molar-refractivity contribution >= 4 is 12.1 Å². The molecule has 14 heavy (non-hydrogen) atoms. The van der Waals surface area contributed by atoms with E-state index in [1.54, 1.807) is 13.8 Å². The lowest BCUT2D eigenvalue weighted by Crippen LogP contribution is -2.26. The average molecular weight is 202 g/mol. The Kier molecular flexibility index (Phi) is 6.53. The summed E-state index contributed by atoms with van der Waals surface area (Å²) >= 11 is 0. The molecule has 0 atom stereocenters. The first-order valence-corrected chi connectivity index (χ1v) is 4.44. The molecule has 0 fully saturated rings. The maximum absolute atomic E-state index is 10.9. The third kappa shape index (κ3) is 6.28. The number of alkyl carbamates (subject to hydrolysis) is 1. The molecular formula is C9H16NO4. The topological polar surface area (TPSA) is 64.6 Å². The Morgan fingerprint density at radius 1 is 1.36 bits per heavy atom. The smallest absolute Gasteiger partial charge is 0.410 e. The fraction of sp³-hybridized carbons (Fsp3) is 0.667. The van der Waals surface area contributed by atoms with E-state index in [4.69, 9.17) is 0 Å². The number of esters is 1. The summed E-state index contributed by atoms with van der Waals surface area (Å²) in [6, 6.07) is 0. The fourth-order valence-electron chi connectivity index (χ4n) is 0.549. The molecule has 1 amide bonds. The monoisotopic (exact) mass is 202 g/mol. The van der Waals surface area contributed by atoms with Crippen LogP contribution in [-0.2, 0) is 14.3 Å². The predicted octanol–water partition coefficient (Wildman–Crippen LogP) is 1.09. The maximum Gasteiger partial charge on any atom is 0.410 e. The highest BCUT2D eigenvalue weighted by atomic mass is 16.7. The molecule has 1 radical (unpaired) electrons. The fourth-order valence-corrected chi connectivity index (χ4v) is 0.549. The van der Waals surface area contributed by atoms with E-state index in [9.17, 15) is 9.59 Å². The van der Waals surface area contributed by atoms with Crippen molar-refractivity contribution in [3.8, 4) is 0 Å². The zero-order valence-corrected chi connectivity index (χ0v) is 8.54. The van der Waals surface area contributed by atoms with Crippen LogP contribution in [-0.4, -0.2) is 25.4 Å². The molecule has 0 aliphatic heterocycles. The second-order valence-corrected chi connectivity index (χ2v) is 2.95. The minimum Gasteiger partial charge on any atom is -0.428 e. The van der Waals surface area contributed by atoms with Crippen LogP contribution in [0.3, 0.4) is 0 Å². The second kappa shape index (κ2) is 7.17. The Labute approximate surface area is 83.8 Å². The summed E-state index contributed by atoms with van der Waals surface area (Å²) in [5.41, 5.74) is 0. The molecule has 0 spiro atoms. The molecule has 0 unspecified atom stereocenters. The summed E-state index contributed by atoms with van der Waals surface area (Å²) in [4.78, 5) is 21.7. The van der Waals surface area contributed by atoms with E-state index in [1.165, 1.54) is 0 Å². The van der Waals surface area contributed by atoms with Crippen molar-refractivity contribution in [1.29, 1.82) is 0 Å². The van der Waals surface area contributed by atoms with Crippen molar-refractivity contribution in [3.63, 3.8) is 0 Å². The zero-order chi connectivity index (χ0) is 11.0. The van der Waals surface area contributed by atoms with Gasteiger partial charge in [0.2, 0.25) is 6.79 Å². The van der Waals surface area contributed by atoms with Crippen molar-refractivity contribution in [1.82, 2.24) is 5.32 Å². The molecule has 0 rings (SSSR count). The van der Waals surface area contributed by atoms with Crippen LogP contribution >= 0.6 is 0 Å². The number of carbonyl (C=O) groups is 2. The summed E-state index contributed by atoms with van der Waals surface area (Å²) in [6.45, 7) is 7.03. The Morgan fingerprint density at radius 3 is 2.50 bits per heavy atom. The van der Waals surface area contributed by atoms with Gasteiger partial charge in [-0.2, -0.15) is 0 Å². The van der Waals surface area contributed by atoms with Gasteiger partial charge in [0.25, 0.3) is 0 Å². The molecule has 0 aromatic heterocycles. The van der Waals surface area contributed by atoms with Gasteiger partial charge in [-0.1, -0.05) is 20.8 Å². The Morgan fingerprint density at radius 2 is 2.00 bits per heavy atom. The van der Waals surface area contributed by atoms with E-state index in [0.29, 0.717) is 13.0 Å². The molecule has 0 aromatic rings. The van der Waals surface area contributed by atoms with Crippen LogP contribution in [0.2, 0.25) is 0 Å². The van der Waals surface area contributed by atoms with Crippen LogP contribution in [0.15, 0.2) is 0 Å². The van der Waals surface area contributed by atoms with E-state index in [-0.39, 0.29) is 12.7 Å². The van der Waals surface area contributed by atoms with Crippen LogP contribution in [0.25, 0.3) is 0 Å². The maximum atomic E-state index is 10.9. The van der Waals surface area contributed by atoms with Crippen LogP contribution < -0.4 is 5.32 Å². The van der Waals surface area contributed by atoms with Gasteiger partial charge in [-0.05, 0) is 6.42 Å². The molecule has 81 valence electrons. The van der Waals surface area contributed by atoms with E-state index < -0.39 is 12.1 Å². The normalized spacial score (nSPS) is 9.71. The number of rotatable bonds is 5. The first kappa shape index (κ1) is 12.7. The van der Waals surface area contributed by atoms with Gasteiger partial charge in [-0.25, -0.2) is 4.79 Å². The SMILES string of the molecule is [CH2]CCNC(=O)OCOC(=O)C(C)C. The highest BCUT2D eigenvalue weighted by Crippen LogP contribution is 1.95. The number of hydrogen-bond donors (Lipinski definition) is 1. The number of amides is 1. The molecule has 0 aromatic carbocycles. The number of ether oxygens (including phenoxy) is 2. The minimum atomic E-state index is -0.606. The van der Waals surface area contributed by atoms with Crippen molar-refractivity contribution in [3.05, 3.63) is 6.92 Å². The van der Waals surface area contributed by atoms with Gasteiger partial charge < -0.3 is 14.8 Å². The summed E-state index contributed by atoms with van der Waals surface area (Å²) in [6.07, 6.45) is -0.0221. The van der Waals surface area contributed by atoms with Gasteiger partial charge in [-0.15, -0.1) is 0 Å². The van der Waals surface area contributed by atoms with E-state index in [1.807, 2.05) is 0 Å². The quantitative estimate of drug-likeness (QED) is 0.535. The van der Waals surface area contributed by atoms with Crippen molar-refractivity contribution in [2.24, 2.45) is 5.92 Å². The molecule has 0 aliphatic rings. The van der Waals surface area contributed by atoms with Crippen molar-refractivity contribution in [2.75, 3.05) is 13.3 Å². The lowest BCUT2D eigenvalue weighted by Gasteiger charge is -2.08. The van der Waals surface area contributed by atoms with Crippen LogP contribution in [0.1, 0.15) is 20.3 Å². The van der Waals surface area contributed by atoms with Crippen LogP contribution in [0, 0.1) is 12.8 Å². The minimum absolute atomic E-state index is 0.221. The molecule has 1 N–H and O–H groups in total. The molecule has 0 bridgehead atoms. The highest BCUT2D eigenvalue weighted by Gasteiger charge is 2.08. The average Bonchev–Trinajstić information content (AvgIpc) is 2.14. The second-order valence-electron chi connectivity index (χ2n) is 2.95. The Bertz CT molecular complexity index is 191. The summed E-state index contributed by atoms with van der Waals surface area (Å²) in [7, 11) is 0. The molecule has 0 aliphatic carbocycles. The molecule has 0 heterocycles.